The van der Waals surface area contributed by atoms with Crippen LogP contribution in [-0.2, 0) is 0 Å². The zero-order valence-electron chi connectivity index (χ0n) is 29.4. The topological polar surface area (TPSA) is 0 Å². The van der Waals surface area contributed by atoms with Gasteiger partial charge in [-0.25, -0.2) is 0 Å². The standard InChI is InChI=1S/C40H34B8/c41-33-29-27(23-12-5-11-22(18-23)26-14-6-10-20-8-3-4-13-25(20)26)30-32(36(44)40(48)38(46)34(30)42)28(31(29)35(43)39(47)37(33)45)24-16-15-19-7-1-2-9-21(19)17-24/h1-18H,41-48H2. The summed E-state index contributed by atoms with van der Waals surface area (Å²) in [4.78, 5) is 0. The summed E-state index contributed by atoms with van der Waals surface area (Å²) in [6, 6.07) is 40.5. The summed E-state index contributed by atoms with van der Waals surface area (Å²) in [6.45, 7) is 0. The second kappa shape index (κ2) is 11.5. The van der Waals surface area contributed by atoms with E-state index in [1.54, 1.807) is 0 Å². The molecule has 0 aliphatic carbocycles. The molecule has 8 aromatic rings. The fourth-order valence-electron chi connectivity index (χ4n) is 8.37. The Balaban J connectivity index is 1.59. The number of hydrogen-bond acceptors (Lipinski definition) is 0. The molecule has 0 radical (unpaired) electrons. The molecule has 8 aromatic carbocycles. The lowest BCUT2D eigenvalue weighted by Crippen LogP contribution is -2.50. The van der Waals surface area contributed by atoms with Crippen LogP contribution in [0.3, 0.4) is 0 Å². The largest absolute Gasteiger partial charge is 0.139 e. The predicted molar refractivity (Wildman–Crippen MR) is 238 cm³/mol. The van der Waals surface area contributed by atoms with Crippen molar-refractivity contribution in [2.45, 2.75) is 0 Å². The van der Waals surface area contributed by atoms with Gasteiger partial charge < -0.3 is 0 Å². The Bertz CT molecular complexity index is 2570. The Kier molecular flexibility index (Phi) is 7.33. The summed E-state index contributed by atoms with van der Waals surface area (Å²) < 4.78 is 0. The lowest BCUT2D eigenvalue weighted by Gasteiger charge is -2.28. The van der Waals surface area contributed by atoms with Crippen LogP contribution in [0, 0.1) is 0 Å². The average molecular weight is 601 g/mol. The monoisotopic (exact) mass is 602 g/mol. The van der Waals surface area contributed by atoms with Gasteiger partial charge in [0.2, 0.25) is 0 Å². The van der Waals surface area contributed by atoms with Crippen LogP contribution in [0.25, 0.3) is 76.5 Å². The van der Waals surface area contributed by atoms with Crippen LogP contribution in [0.15, 0.2) is 109 Å². The van der Waals surface area contributed by atoms with Gasteiger partial charge in [0.1, 0.15) is 62.8 Å². The summed E-state index contributed by atoms with van der Waals surface area (Å²) >= 11 is 0. The molecular formula is C40H34B8. The first kappa shape index (κ1) is 30.6. The van der Waals surface area contributed by atoms with Gasteiger partial charge in [0, 0.05) is 0 Å². The van der Waals surface area contributed by atoms with Crippen molar-refractivity contribution in [3.63, 3.8) is 0 Å². The fourth-order valence-corrected chi connectivity index (χ4v) is 8.37. The quantitative estimate of drug-likeness (QED) is 0.154. The zero-order valence-corrected chi connectivity index (χ0v) is 29.4. The van der Waals surface area contributed by atoms with Crippen molar-refractivity contribution >= 4 is 150 Å². The van der Waals surface area contributed by atoms with E-state index in [4.69, 9.17) is 0 Å². The second-order valence-corrected chi connectivity index (χ2v) is 13.9. The van der Waals surface area contributed by atoms with Crippen LogP contribution >= 0.6 is 0 Å². The molecule has 0 bridgehead atoms. The van der Waals surface area contributed by atoms with Crippen molar-refractivity contribution in [2.75, 3.05) is 0 Å². The summed E-state index contributed by atoms with van der Waals surface area (Å²) in [6.07, 6.45) is 0. The van der Waals surface area contributed by atoms with Gasteiger partial charge in [-0.3, -0.25) is 0 Å². The SMILES string of the molecule is Bc1c(B)c(B)c2c(-c3ccc4ccccc4c3)c3c(B)c(B)c(B)c(B)c3c(-c3cccc(-c4cccc5ccccc45)c3)c2c1B. The minimum atomic E-state index is 1.25. The summed E-state index contributed by atoms with van der Waals surface area (Å²) in [5.41, 5.74) is 18.8. The fraction of sp³-hybridized carbons (Fsp3) is 0. The third kappa shape index (κ3) is 4.49. The van der Waals surface area contributed by atoms with Gasteiger partial charge >= 0.3 is 0 Å². The van der Waals surface area contributed by atoms with Crippen LogP contribution in [0.5, 0.6) is 0 Å². The first-order valence-corrected chi connectivity index (χ1v) is 17.2. The molecule has 0 amide bonds. The lowest BCUT2D eigenvalue weighted by atomic mass is 9.59. The van der Waals surface area contributed by atoms with Gasteiger partial charge in [-0.15, -0.1) is 21.9 Å². The Labute approximate surface area is 291 Å². The average Bonchev–Trinajstić information content (AvgIpc) is 3.12. The maximum atomic E-state index is 2.44. The molecule has 0 spiro atoms. The Morgan fingerprint density at radius 1 is 0.292 bits per heavy atom. The molecule has 8 rings (SSSR count). The maximum Gasteiger partial charge on any atom is 0.139 e. The lowest BCUT2D eigenvalue weighted by molar-refractivity contribution is 1.64. The number of benzene rings is 8. The smallest absolute Gasteiger partial charge is 0.101 e. The molecule has 0 aromatic heterocycles. The highest BCUT2D eigenvalue weighted by atomic mass is 14.2. The van der Waals surface area contributed by atoms with Crippen LogP contribution in [0.2, 0.25) is 0 Å². The van der Waals surface area contributed by atoms with Crippen molar-refractivity contribution in [1.29, 1.82) is 0 Å². The van der Waals surface area contributed by atoms with E-state index in [2.05, 4.69) is 172 Å². The van der Waals surface area contributed by atoms with Crippen molar-refractivity contribution < 1.29 is 0 Å². The summed E-state index contributed by atoms with van der Waals surface area (Å²) in [7, 11) is 18.6. The van der Waals surface area contributed by atoms with Crippen LogP contribution < -0.4 is 43.7 Å². The highest BCUT2D eigenvalue weighted by Gasteiger charge is 2.25. The molecule has 0 saturated carbocycles. The van der Waals surface area contributed by atoms with E-state index < -0.39 is 0 Å². The molecule has 0 saturated heterocycles. The molecule has 0 fully saturated rings. The molecule has 0 aliphatic rings. The highest BCUT2D eigenvalue weighted by molar-refractivity contribution is 6.71. The molecule has 0 N–H and O–H groups in total. The van der Waals surface area contributed by atoms with Gasteiger partial charge in [-0.1, -0.05) is 119 Å². The minimum Gasteiger partial charge on any atom is -0.101 e. The number of fused-ring (bicyclic) bond motifs is 4. The van der Waals surface area contributed by atoms with Crippen LogP contribution in [-0.4, -0.2) is 62.8 Å². The van der Waals surface area contributed by atoms with Gasteiger partial charge in [-0.2, -0.15) is 0 Å². The Morgan fingerprint density at radius 3 is 1.31 bits per heavy atom. The molecule has 0 nitrogen and oxygen atoms in total. The summed E-state index contributed by atoms with van der Waals surface area (Å²) in [5.74, 6) is 0. The van der Waals surface area contributed by atoms with Gasteiger partial charge in [0.25, 0.3) is 0 Å². The second-order valence-electron chi connectivity index (χ2n) is 13.9. The van der Waals surface area contributed by atoms with E-state index in [1.807, 2.05) is 0 Å². The third-order valence-electron chi connectivity index (χ3n) is 11.7. The normalized spacial score (nSPS) is 11.6. The molecule has 218 valence electrons. The molecular weight excluding hydrogens is 567 g/mol. The van der Waals surface area contributed by atoms with Crippen molar-refractivity contribution in [3.05, 3.63) is 109 Å². The highest BCUT2D eigenvalue weighted by Crippen LogP contribution is 2.42. The first-order chi connectivity index (χ1) is 23.2. The zero-order chi connectivity index (χ0) is 33.4. The van der Waals surface area contributed by atoms with E-state index in [0.29, 0.717) is 0 Å². The number of hydrogen-bond donors (Lipinski definition) is 0. The van der Waals surface area contributed by atoms with Crippen molar-refractivity contribution in [2.24, 2.45) is 0 Å². The summed E-state index contributed by atoms with van der Waals surface area (Å²) in [5, 5.41) is 10.6. The first-order valence-electron chi connectivity index (χ1n) is 17.2. The maximum absolute atomic E-state index is 2.44. The molecule has 48 heavy (non-hydrogen) atoms. The Hall–Kier alpha value is -4.68. The van der Waals surface area contributed by atoms with Gasteiger partial charge in [0.05, 0.1) is 0 Å². The van der Waals surface area contributed by atoms with E-state index in [-0.39, 0.29) is 0 Å². The third-order valence-corrected chi connectivity index (χ3v) is 11.7. The van der Waals surface area contributed by atoms with E-state index in [9.17, 15) is 0 Å². The molecule has 0 atom stereocenters. The number of rotatable bonds is 3. The van der Waals surface area contributed by atoms with Gasteiger partial charge in [-0.05, 0) is 88.6 Å². The van der Waals surface area contributed by atoms with E-state index in [1.165, 1.54) is 120 Å². The van der Waals surface area contributed by atoms with Crippen molar-refractivity contribution in [3.8, 4) is 33.4 Å². The van der Waals surface area contributed by atoms with Crippen LogP contribution in [0.1, 0.15) is 0 Å². The van der Waals surface area contributed by atoms with Gasteiger partial charge in [0.15, 0.2) is 0 Å². The molecule has 8 heteroatoms. The Morgan fingerprint density at radius 2 is 0.729 bits per heavy atom. The molecule has 0 aliphatic heterocycles. The minimum absolute atomic E-state index is 1.25. The van der Waals surface area contributed by atoms with Crippen molar-refractivity contribution in [1.82, 2.24) is 0 Å². The van der Waals surface area contributed by atoms with E-state index >= 15 is 0 Å². The molecule has 0 heterocycles. The van der Waals surface area contributed by atoms with E-state index in [0.717, 1.165) is 0 Å². The van der Waals surface area contributed by atoms with Crippen LogP contribution in [0.4, 0.5) is 0 Å². The molecule has 0 unspecified atom stereocenters. The predicted octanol–water partition coefficient (Wildman–Crippen LogP) is -2.63.